The Morgan fingerprint density at radius 2 is 2.20 bits per heavy atom. The highest BCUT2D eigenvalue weighted by atomic mass is 32.1. The molecule has 2 heterocycles. The van der Waals surface area contributed by atoms with E-state index in [0.29, 0.717) is 10.7 Å². The standard InChI is InChI=1S/C13H15N5OS/c14-18-8-4-7-10(18)12(19)15-13-11(16-17-20-13)9-5-2-1-3-6-9/h1-3,5-6,10H,4,7-8,14H2,(H,15,19)/t10-/m0/s1. The lowest BCUT2D eigenvalue weighted by atomic mass is 10.1. The molecule has 0 saturated carbocycles. The zero-order valence-electron chi connectivity index (χ0n) is 10.8. The van der Waals surface area contributed by atoms with Crippen molar-refractivity contribution in [2.24, 2.45) is 5.84 Å². The first-order chi connectivity index (χ1) is 9.75. The highest BCUT2D eigenvalue weighted by Crippen LogP contribution is 2.29. The molecule has 1 fully saturated rings. The minimum Gasteiger partial charge on any atom is -0.313 e. The highest BCUT2D eigenvalue weighted by Gasteiger charge is 2.29. The molecule has 1 atom stereocenters. The Morgan fingerprint density at radius 1 is 1.40 bits per heavy atom. The number of hydrogen-bond acceptors (Lipinski definition) is 6. The first-order valence-corrected chi connectivity index (χ1v) is 7.23. The molecule has 0 aliphatic carbocycles. The van der Waals surface area contributed by atoms with Gasteiger partial charge in [-0.2, -0.15) is 0 Å². The van der Waals surface area contributed by atoms with Gasteiger partial charge in [-0.15, -0.1) is 5.10 Å². The van der Waals surface area contributed by atoms with Crippen LogP contribution in [0.1, 0.15) is 12.8 Å². The van der Waals surface area contributed by atoms with Crippen molar-refractivity contribution >= 4 is 22.4 Å². The van der Waals surface area contributed by atoms with Crippen molar-refractivity contribution in [2.45, 2.75) is 18.9 Å². The number of nitrogens with two attached hydrogens (primary N) is 1. The summed E-state index contributed by atoms with van der Waals surface area (Å²) in [6, 6.07) is 9.42. The fourth-order valence-electron chi connectivity index (χ4n) is 2.32. The summed E-state index contributed by atoms with van der Waals surface area (Å²) in [7, 11) is 0. The van der Waals surface area contributed by atoms with E-state index in [9.17, 15) is 4.79 Å². The highest BCUT2D eigenvalue weighted by molar-refractivity contribution is 7.10. The smallest absolute Gasteiger partial charge is 0.243 e. The monoisotopic (exact) mass is 289 g/mol. The van der Waals surface area contributed by atoms with Crippen LogP contribution in [0.25, 0.3) is 11.3 Å². The number of nitrogens with one attached hydrogen (secondary N) is 1. The van der Waals surface area contributed by atoms with E-state index in [-0.39, 0.29) is 11.9 Å². The SMILES string of the molecule is NN1CCC[C@H]1C(=O)Nc1snnc1-c1ccccc1. The average Bonchev–Trinajstić information content (AvgIpc) is 3.08. The summed E-state index contributed by atoms with van der Waals surface area (Å²) in [5.74, 6) is 5.71. The van der Waals surface area contributed by atoms with Crippen LogP contribution < -0.4 is 11.2 Å². The third kappa shape index (κ3) is 2.55. The predicted molar refractivity (Wildman–Crippen MR) is 77.9 cm³/mol. The van der Waals surface area contributed by atoms with Crippen molar-refractivity contribution in [1.82, 2.24) is 14.6 Å². The van der Waals surface area contributed by atoms with Crippen LogP contribution in [0.15, 0.2) is 30.3 Å². The van der Waals surface area contributed by atoms with Crippen molar-refractivity contribution in [3.8, 4) is 11.3 Å². The Kier molecular flexibility index (Phi) is 3.72. The second-order valence-electron chi connectivity index (χ2n) is 4.70. The molecule has 3 N–H and O–H groups in total. The molecule has 1 amide bonds. The van der Waals surface area contributed by atoms with Gasteiger partial charge in [-0.3, -0.25) is 10.6 Å². The van der Waals surface area contributed by atoms with E-state index in [2.05, 4.69) is 14.9 Å². The Labute approximate surface area is 120 Å². The number of carbonyl (C=O) groups is 1. The molecule has 3 rings (SSSR count). The molecule has 0 spiro atoms. The van der Waals surface area contributed by atoms with E-state index in [4.69, 9.17) is 5.84 Å². The van der Waals surface area contributed by atoms with Gasteiger partial charge in [-0.25, -0.2) is 5.01 Å². The molecule has 6 nitrogen and oxygen atoms in total. The van der Waals surface area contributed by atoms with Gasteiger partial charge in [0.05, 0.1) is 0 Å². The molecular weight excluding hydrogens is 274 g/mol. The topological polar surface area (TPSA) is 84.1 Å². The number of amides is 1. The van der Waals surface area contributed by atoms with E-state index in [0.717, 1.165) is 24.9 Å². The minimum atomic E-state index is -0.263. The summed E-state index contributed by atoms with van der Waals surface area (Å²) in [6.45, 7) is 0.755. The van der Waals surface area contributed by atoms with E-state index in [1.165, 1.54) is 11.5 Å². The van der Waals surface area contributed by atoms with Crippen molar-refractivity contribution in [3.05, 3.63) is 30.3 Å². The van der Waals surface area contributed by atoms with Gasteiger partial charge < -0.3 is 5.32 Å². The summed E-state index contributed by atoms with van der Waals surface area (Å²) in [5, 5.41) is 9.25. The van der Waals surface area contributed by atoms with E-state index in [1.807, 2.05) is 30.3 Å². The largest absolute Gasteiger partial charge is 0.313 e. The minimum absolute atomic E-state index is 0.0896. The third-order valence-corrected chi connectivity index (χ3v) is 4.01. The molecular formula is C13H15N5OS. The molecule has 7 heteroatoms. The predicted octanol–water partition coefficient (Wildman–Crippen LogP) is 1.48. The zero-order chi connectivity index (χ0) is 13.9. The van der Waals surface area contributed by atoms with Crippen LogP contribution in [0.4, 0.5) is 5.00 Å². The molecule has 1 aliphatic rings. The first-order valence-electron chi connectivity index (χ1n) is 6.45. The Morgan fingerprint density at radius 3 is 2.90 bits per heavy atom. The van der Waals surface area contributed by atoms with Gasteiger partial charge >= 0.3 is 0 Å². The summed E-state index contributed by atoms with van der Waals surface area (Å²) < 4.78 is 3.93. The maximum atomic E-state index is 12.2. The summed E-state index contributed by atoms with van der Waals surface area (Å²) in [6.07, 6.45) is 1.73. The molecule has 0 bridgehead atoms. The fraction of sp³-hybridized carbons (Fsp3) is 0.308. The molecule has 1 aromatic carbocycles. The fourth-order valence-corrected chi connectivity index (χ4v) is 2.92. The van der Waals surface area contributed by atoms with Gasteiger partial charge in [0.2, 0.25) is 5.91 Å². The number of benzene rings is 1. The van der Waals surface area contributed by atoms with Crippen molar-refractivity contribution < 1.29 is 4.79 Å². The molecule has 0 radical (unpaired) electrons. The van der Waals surface area contributed by atoms with Gasteiger partial charge in [-0.05, 0) is 12.8 Å². The molecule has 2 aromatic rings. The Bertz CT molecular complexity index is 600. The van der Waals surface area contributed by atoms with Crippen LogP contribution in [-0.2, 0) is 4.79 Å². The number of anilines is 1. The van der Waals surface area contributed by atoms with Crippen LogP contribution in [-0.4, -0.2) is 33.1 Å². The van der Waals surface area contributed by atoms with E-state index in [1.54, 1.807) is 5.01 Å². The second kappa shape index (κ2) is 5.66. The van der Waals surface area contributed by atoms with Gasteiger partial charge in [-0.1, -0.05) is 34.8 Å². The van der Waals surface area contributed by atoms with Gasteiger partial charge in [0.25, 0.3) is 0 Å². The lowest BCUT2D eigenvalue weighted by Gasteiger charge is -2.17. The Balaban J connectivity index is 1.79. The molecule has 1 aromatic heterocycles. The summed E-state index contributed by atoms with van der Waals surface area (Å²) >= 11 is 1.18. The second-order valence-corrected chi connectivity index (χ2v) is 5.46. The van der Waals surface area contributed by atoms with E-state index >= 15 is 0 Å². The van der Waals surface area contributed by atoms with Crippen molar-refractivity contribution in [2.75, 3.05) is 11.9 Å². The molecule has 104 valence electrons. The van der Waals surface area contributed by atoms with Crippen LogP contribution in [0.3, 0.4) is 0 Å². The summed E-state index contributed by atoms with van der Waals surface area (Å²) in [4.78, 5) is 12.2. The van der Waals surface area contributed by atoms with Crippen LogP contribution in [0.5, 0.6) is 0 Å². The number of rotatable bonds is 3. The first kappa shape index (κ1) is 13.2. The molecule has 20 heavy (non-hydrogen) atoms. The lowest BCUT2D eigenvalue weighted by Crippen LogP contribution is -2.43. The number of hydrazine groups is 1. The maximum Gasteiger partial charge on any atom is 0.243 e. The van der Waals surface area contributed by atoms with Crippen LogP contribution >= 0.6 is 11.5 Å². The quantitative estimate of drug-likeness (QED) is 0.836. The number of hydrogen-bond donors (Lipinski definition) is 2. The van der Waals surface area contributed by atoms with Crippen molar-refractivity contribution in [1.29, 1.82) is 0 Å². The number of nitrogens with zero attached hydrogens (tertiary/aromatic N) is 3. The Hall–Kier alpha value is -1.83. The average molecular weight is 289 g/mol. The van der Waals surface area contributed by atoms with Gasteiger partial charge in [0.1, 0.15) is 16.7 Å². The number of carbonyl (C=O) groups excluding carboxylic acids is 1. The molecule has 0 unspecified atom stereocenters. The summed E-state index contributed by atoms with van der Waals surface area (Å²) in [5.41, 5.74) is 1.64. The lowest BCUT2D eigenvalue weighted by molar-refractivity contribution is -0.120. The van der Waals surface area contributed by atoms with Crippen LogP contribution in [0.2, 0.25) is 0 Å². The molecule has 1 saturated heterocycles. The maximum absolute atomic E-state index is 12.2. The van der Waals surface area contributed by atoms with Crippen LogP contribution in [0, 0.1) is 0 Å². The van der Waals surface area contributed by atoms with Gasteiger partial charge in [0, 0.05) is 23.6 Å². The molecule has 1 aliphatic heterocycles. The van der Waals surface area contributed by atoms with Gasteiger partial charge in [0.15, 0.2) is 0 Å². The number of aromatic nitrogens is 2. The van der Waals surface area contributed by atoms with E-state index < -0.39 is 0 Å². The third-order valence-electron chi connectivity index (χ3n) is 3.37. The van der Waals surface area contributed by atoms with Crippen molar-refractivity contribution in [3.63, 3.8) is 0 Å². The zero-order valence-corrected chi connectivity index (χ0v) is 11.6. The normalized spacial score (nSPS) is 19.1.